The van der Waals surface area contributed by atoms with Gasteiger partial charge >= 0.3 is 0 Å². The van der Waals surface area contributed by atoms with E-state index in [2.05, 4.69) is 0 Å². The molecule has 0 bridgehead atoms. The number of hydrogen-bond donors (Lipinski definition) is 2. The molecule has 0 fully saturated rings. The number of halogens is 1. The van der Waals surface area contributed by atoms with Crippen molar-refractivity contribution < 1.29 is 13.2 Å². The first-order valence-corrected chi connectivity index (χ1v) is 6.80. The van der Waals surface area contributed by atoms with Crippen molar-refractivity contribution in [2.24, 2.45) is 18.5 Å². The van der Waals surface area contributed by atoms with E-state index in [1.54, 1.807) is 14.0 Å². The predicted octanol–water partition coefficient (Wildman–Crippen LogP) is -0.486. The Bertz CT molecular complexity index is 555. The summed E-state index contributed by atoms with van der Waals surface area (Å²) in [6.45, 7) is 1.92. The quantitative estimate of drug-likeness (QED) is 0.764. The fourth-order valence-electron chi connectivity index (χ4n) is 1.47. The van der Waals surface area contributed by atoms with Crippen molar-refractivity contribution >= 4 is 28.3 Å². The summed E-state index contributed by atoms with van der Waals surface area (Å²) < 4.78 is 27.0. The zero-order chi connectivity index (χ0) is 14.1. The van der Waals surface area contributed by atoms with E-state index < -0.39 is 15.9 Å². The van der Waals surface area contributed by atoms with Gasteiger partial charge in [-0.25, -0.2) is 8.42 Å². The molecule has 1 unspecified atom stereocenters. The molecule has 1 rings (SSSR count). The molecule has 0 aliphatic carbocycles. The van der Waals surface area contributed by atoms with Crippen LogP contribution in [0.2, 0.25) is 0 Å². The minimum absolute atomic E-state index is 0. The lowest BCUT2D eigenvalue weighted by Crippen LogP contribution is -2.39. The maximum atomic E-state index is 12.2. The van der Waals surface area contributed by atoms with Crippen LogP contribution in [0, 0.1) is 0 Å². The highest BCUT2D eigenvalue weighted by atomic mass is 35.5. The number of primary amides is 1. The number of hydrogen-bond acceptors (Lipinski definition) is 4. The van der Waals surface area contributed by atoms with Crippen LogP contribution in [0.1, 0.15) is 17.4 Å². The van der Waals surface area contributed by atoms with Gasteiger partial charge in [-0.3, -0.25) is 4.79 Å². The SMILES string of the molecule is CC(CN)N(C)S(=O)(=O)c1cc(C(N)=O)n(C)c1.Cl. The fraction of sp³-hybridized carbons (Fsp3) is 0.500. The first-order chi connectivity index (χ1) is 8.21. The van der Waals surface area contributed by atoms with Gasteiger partial charge in [-0.1, -0.05) is 0 Å². The lowest BCUT2D eigenvalue weighted by molar-refractivity contribution is 0.0992. The minimum atomic E-state index is -3.66. The lowest BCUT2D eigenvalue weighted by Gasteiger charge is -2.22. The monoisotopic (exact) mass is 310 g/mol. The molecule has 1 aromatic heterocycles. The van der Waals surface area contributed by atoms with Crippen LogP contribution in [-0.4, -0.2) is 42.8 Å². The first-order valence-electron chi connectivity index (χ1n) is 5.36. The van der Waals surface area contributed by atoms with Gasteiger partial charge < -0.3 is 16.0 Å². The maximum Gasteiger partial charge on any atom is 0.265 e. The van der Waals surface area contributed by atoms with E-state index in [9.17, 15) is 13.2 Å². The molecule has 4 N–H and O–H groups in total. The second-order valence-corrected chi connectivity index (χ2v) is 6.14. The second-order valence-electron chi connectivity index (χ2n) is 4.14. The lowest BCUT2D eigenvalue weighted by atomic mass is 10.4. The molecule has 1 amide bonds. The Kier molecular flexibility index (Phi) is 6.01. The van der Waals surface area contributed by atoms with Crippen molar-refractivity contribution in [1.82, 2.24) is 8.87 Å². The fourth-order valence-corrected chi connectivity index (χ4v) is 2.92. The van der Waals surface area contributed by atoms with Crippen LogP contribution in [0.4, 0.5) is 0 Å². The smallest absolute Gasteiger partial charge is 0.265 e. The molecule has 0 radical (unpaired) electrons. The van der Waals surface area contributed by atoms with Crippen LogP contribution in [0.3, 0.4) is 0 Å². The third-order valence-electron chi connectivity index (χ3n) is 2.87. The molecule has 110 valence electrons. The van der Waals surface area contributed by atoms with Crippen LogP contribution < -0.4 is 11.5 Å². The normalized spacial score (nSPS) is 13.1. The molecular weight excluding hydrogens is 292 g/mol. The topological polar surface area (TPSA) is 111 Å². The Hall–Kier alpha value is -1.09. The van der Waals surface area contributed by atoms with Crippen molar-refractivity contribution in [2.75, 3.05) is 13.6 Å². The van der Waals surface area contributed by atoms with E-state index in [1.807, 2.05) is 0 Å². The minimum Gasteiger partial charge on any atom is -0.364 e. The Morgan fingerprint density at radius 2 is 2.05 bits per heavy atom. The van der Waals surface area contributed by atoms with Gasteiger partial charge in [-0.15, -0.1) is 12.4 Å². The van der Waals surface area contributed by atoms with Crippen molar-refractivity contribution in [1.29, 1.82) is 0 Å². The molecule has 0 saturated heterocycles. The molecular formula is C10H19ClN4O3S. The van der Waals surface area contributed by atoms with E-state index in [1.165, 1.54) is 28.2 Å². The largest absolute Gasteiger partial charge is 0.364 e. The van der Waals surface area contributed by atoms with Crippen molar-refractivity contribution in [2.45, 2.75) is 17.9 Å². The van der Waals surface area contributed by atoms with Gasteiger partial charge in [0.2, 0.25) is 10.0 Å². The van der Waals surface area contributed by atoms with E-state index in [4.69, 9.17) is 11.5 Å². The molecule has 0 saturated carbocycles. The van der Waals surface area contributed by atoms with E-state index in [0.717, 1.165) is 0 Å². The highest BCUT2D eigenvalue weighted by Crippen LogP contribution is 2.18. The number of nitrogens with two attached hydrogens (primary N) is 2. The summed E-state index contributed by atoms with van der Waals surface area (Å²) in [5.74, 6) is -0.673. The highest BCUT2D eigenvalue weighted by Gasteiger charge is 2.27. The molecule has 1 atom stereocenters. The van der Waals surface area contributed by atoms with Gasteiger partial charge in [0.1, 0.15) is 10.6 Å². The van der Waals surface area contributed by atoms with Gasteiger partial charge in [-0.2, -0.15) is 4.31 Å². The summed E-state index contributed by atoms with van der Waals surface area (Å²) in [5, 5.41) is 0. The number of nitrogens with zero attached hydrogens (tertiary/aromatic N) is 2. The number of carbonyl (C=O) groups is 1. The van der Waals surface area contributed by atoms with Crippen molar-refractivity contribution in [3.8, 4) is 0 Å². The van der Waals surface area contributed by atoms with E-state index in [0.29, 0.717) is 0 Å². The summed E-state index contributed by atoms with van der Waals surface area (Å²) in [7, 11) is -0.652. The van der Waals surface area contributed by atoms with Crippen LogP contribution in [0.15, 0.2) is 17.2 Å². The molecule has 0 aliphatic heterocycles. The molecule has 0 spiro atoms. The van der Waals surface area contributed by atoms with Gasteiger partial charge in [-0.05, 0) is 13.0 Å². The summed E-state index contributed by atoms with van der Waals surface area (Å²) in [5.41, 5.74) is 10.7. The highest BCUT2D eigenvalue weighted by molar-refractivity contribution is 7.89. The van der Waals surface area contributed by atoms with Crippen LogP contribution in [-0.2, 0) is 17.1 Å². The standard InChI is InChI=1S/C10H18N4O3S.ClH/c1-7(5-11)14(3)18(16,17)8-4-9(10(12)15)13(2)6-8;/h4,6-7H,5,11H2,1-3H3,(H2,12,15);1H. The summed E-state index contributed by atoms with van der Waals surface area (Å²) in [6.07, 6.45) is 1.36. The number of amides is 1. The Morgan fingerprint density at radius 1 is 1.53 bits per heavy atom. The van der Waals surface area contributed by atoms with Crippen molar-refractivity contribution in [3.63, 3.8) is 0 Å². The van der Waals surface area contributed by atoms with Crippen LogP contribution in [0.25, 0.3) is 0 Å². The number of rotatable bonds is 5. The molecule has 0 aromatic carbocycles. The molecule has 0 aliphatic rings. The number of likely N-dealkylation sites (N-methyl/N-ethyl adjacent to an activating group) is 1. The van der Waals surface area contributed by atoms with Crippen LogP contribution >= 0.6 is 12.4 Å². The number of aryl methyl sites for hydroxylation is 1. The number of sulfonamides is 1. The molecule has 1 aromatic rings. The van der Waals surface area contributed by atoms with Gasteiger partial charge in [0.25, 0.3) is 5.91 Å². The average Bonchev–Trinajstić information content (AvgIpc) is 2.70. The molecule has 1 heterocycles. The van der Waals surface area contributed by atoms with Gasteiger partial charge in [0, 0.05) is 32.9 Å². The third-order valence-corrected chi connectivity index (χ3v) is 4.81. The summed E-state index contributed by atoms with van der Waals surface area (Å²) in [6, 6.07) is 0.935. The zero-order valence-electron chi connectivity index (χ0n) is 11.0. The summed E-state index contributed by atoms with van der Waals surface area (Å²) in [4.78, 5) is 11.1. The van der Waals surface area contributed by atoms with E-state index >= 15 is 0 Å². The van der Waals surface area contributed by atoms with Gasteiger partial charge in [0.15, 0.2) is 0 Å². The zero-order valence-corrected chi connectivity index (χ0v) is 12.7. The van der Waals surface area contributed by atoms with Gasteiger partial charge in [0.05, 0.1) is 0 Å². The third kappa shape index (κ3) is 3.47. The number of carbonyl (C=O) groups excluding carboxylic acids is 1. The number of aromatic nitrogens is 1. The Balaban J connectivity index is 0.00000324. The molecule has 9 heteroatoms. The summed E-state index contributed by atoms with van der Waals surface area (Å²) >= 11 is 0. The van der Waals surface area contributed by atoms with E-state index in [-0.39, 0.29) is 35.6 Å². The maximum absolute atomic E-state index is 12.2. The van der Waals surface area contributed by atoms with Crippen LogP contribution in [0.5, 0.6) is 0 Å². The molecule has 19 heavy (non-hydrogen) atoms. The Morgan fingerprint density at radius 3 is 2.42 bits per heavy atom. The average molecular weight is 311 g/mol. The second kappa shape index (κ2) is 6.38. The molecule has 7 nitrogen and oxygen atoms in total. The predicted molar refractivity (Wildman–Crippen MR) is 74.6 cm³/mol. The van der Waals surface area contributed by atoms with Crippen molar-refractivity contribution in [3.05, 3.63) is 18.0 Å². The Labute approximate surface area is 119 Å². The first kappa shape index (κ1) is 17.9.